The Balaban J connectivity index is 1.96. The fourth-order valence-electron chi connectivity index (χ4n) is 3.12. The lowest BCUT2D eigenvalue weighted by Crippen LogP contribution is -2.49. The number of rotatable bonds is 1. The molecular weight excluding hydrogens is 158 g/mol. The summed E-state index contributed by atoms with van der Waals surface area (Å²) in [6.07, 6.45) is 2.51. The molecule has 0 heterocycles. The van der Waals surface area contributed by atoms with Crippen molar-refractivity contribution in [3.63, 3.8) is 0 Å². The van der Waals surface area contributed by atoms with Crippen molar-refractivity contribution in [2.24, 2.45) is 17.1 Å². The number of fused-ring (bicyclic) bond motifs is 1. The standard InChI is InChI=1S/C12H15N/c1-11-7-10(11)12(13,8-11)9-5-3-2-4-6-9/h2-6,10H,7-8,13H2,1H3. The molecule has 1 aromatic rings. The lowest BCUT2D eigenvalue weighted by molar-refractivity contribution is 0.150. The van der Waals surface area contributed by atoms with Gasteiger partial charge in [0.15, 0.2) is 0 Å². The molecule has 0 radical (unpaired) electrons. The van der Waals surface area contributed by atoms with Gasteiger partial charge in [-0.15, -0.1) is 0 Å². The van der Waals surface area contributed by atoms with E-state index in [-0.39, 0.29) is 5.54 Å². The van der Waals surface area contributed by atoms with Crippen LogP contribution >= 0.6 is 0 Å². The lowest BCUT2D eigenvalue weighted by atomic mass is 9.66. The average Bonchev–Trinajstić information content (AvgIpc) is 2.72. The molecule has 2 N–H and O–H groups in total. The quantitative estimate of drug-likeness (QED) is 0.692. The van der Waals surface area contributed by atoms with Crippen LogP contribution in [0.5, 0.6) is 0 Å². The summed E-state index contributed by atoms with van der Waals surface area (Å²) in [5, 5.41) is 0. The summed E-state index contributed by atoms with van der Waals surface area (Å²) >= 11 is 0. The van der Waals surface area contributed by atoms with Gasteiger partial charge in [0.25, 0.3) is 0 Å². The van der Waals surface area contributed by atoms with Gasteiger partial charge in [0, 0.05) is 5.54 Å². The van der Waals surface area contributed by atoms with Gasteiger partial charge in [-0.05, 0) is 29.7 Å². The first-order valence-corrected chi connectivity index (χ1v) is 5.00. The Morgan fingerprint density at radius 1 is 1.31 bits per heavy atom. The third kappa shape index (κ3) is 0.806. The van der Waals surface area contributed by atoms with Crippen molar-refractivity contribution in [2.75, 3.05) is 0 Å². The summed E-state index contributed by atoms with van der Waals surface area (Å²) in [6, 6.07) is 10.6. The van der Waals surface area contributed by atoms with Gasteiger partial charge in [-0.1, -0.05) is 37.3 Å². The van der Waals surface area contributed by atoms with Crippen LogP contribution < -0.4 is 5.73 Å². The highest BCUT2D eigenvalue weighted by Gasteiger charge is 2.70. The number of hydrogen-bond donors (Lipinski definition) is 1. The van der Waals surface area contributed by atoms with E-state index in [9.17, 15) is 0 Å². The van der Waals surface area contributed by atoms with Crippen molar-refractivity contribution in [3.05, 3.63) is 35.9 Å². The van der Waals surface area contributed by atoms with Crippen molar-refractivity contribution in [3.8, 4) is 0 Å². The zero-order chi connectivity index (χ0) is 9.10. The fourth-order valence-corrected chi connectivity index (χ4v) is 3.12. The molecule has 0 aliphatic heterocycles. The van der Waals surface area contributed by atoms with E-state index >= 15 is 0 Å². The maximum atomic E-state index is 6.39. The number of benzene rings is 1. The second-order valence-electron chi connectivity index (χ2n) is 4.99. The zero-order valence-corrected chi connectivity index (χ0v) is 7.96. The molecule has 0 bridgehead atoms. The highest BCUT2D eigenvalue weighted by Crippen LogP contribution is 2.74. The summed E-state index contributed by atoms with van der Waals surface area (Å²) in [7, 11) is 0. The van der Waals surface area contributed by atoms with Gasteiger partial charge in [-0.2, -0.15) is 0 Å². The van der Waals surface area contributed by atoms with Gasteiger partial charge in [0.1, 0.15) is 0 Å². The van der Waals surface area contributed by atoms with E-state index in [1.165, 1.54) is 18.4 Å². The molecule has 2 aliphatic rings. The molecule has 68 valence electrons. The summed E-state index contributed by atoms with van der Waals surface area (Å²) in [6.45, 7) is 2.35. The van der Waals surface area contributed by atoms with Crippen molar-refractivity contribution in [1.29, 1.82) is 0 Å². The SMILES string of the molecule is CC12CC1C(N)(c1ccccc1)C2. The Morgan fingerprint density at radius 3 is 2.46 bits per heavy atom. The van der Waals surface area contributed by atoms with Crippen LogP contribution in [0, 0.1) is 11.3 Å². The molecule has 2 aliphatic carbocycles. The molecule has 3 atom stereocenters. The summed E-state index contributed by atoms with van der Waals surface area (Å²) in [5.74, 6) is 0.752. The van der Waals surface area contributed by atoms with Crippen molar-refractivity contribution in [1.82, 2.24) is 0 Å². The normalized spacial score (nSPS) is 46.5. The third-order valence-electron chi connectivity index (χ3n) is 3.98. The van der Waals surface area contributed by atoms with E-state index in [1.807, 2.05) is 0 Å². The topological polar surface area (TPSA) is 26.0 Å². The number of hydrogen-bond acceptors (Lipinski definition) is 1. The van der Waals surface area contributed by atoms with E-state index < -0.39 is 0 Å². The Morgan fingerprint density at radius 2 is 2.00 bits per heavy atom. The zero-order valence-electron chi connectivity index (χ0n) is 7.96. The highest BCUT2D eigenvalue weighted by molar-refractivity contribution is 5.36. The van der Waals surface area contributed by atoms with E-state index in [0.29, 0.717) is 5.41 Å². The van der Waals surface area contributed by atoms with E-state index in [1.54, 1.807) is 0 Å². The Hall–Kier alpha value is -0.820. The van der Waals surface area contributed by atoms with E-state index in [2.05, 4.69) is 37.3 Å². The Kier molecular flexibility index (Phi) is 1.15. The largest absolute Gasteiger partial charge is 0.321 e. The van der Waals surface area contributed by atoms with Crippen LogP contribution in [-0.4, -0.2) is 0 Å². The monoisotopic (exact) mass is 173 g/mol. The summed E-state index contributed by atoms with van der Waals surface area (Å²) < 4.78 is 0. The third-order valence-corrected chi connectivity index (χ3v) is 3.98. The molecule has 3 rings (SSSR count). The van der Waals surface area contributed by atoms with Crippen LogP contribution in [0.3, 0.4) is 0 Å². The fraction of sp³-hybridized carbons (Fsp3) is 0.500. The van der Waals surface area contributed by atoms with Gasteiger partial charge in [-0.3, -0.25) is 0 Å². The highest BCUT2D eigenvalue weighted by atomic mass is 14.9. The van der Waals surface area contributed by atoms with Crippen LogP contribution in [0.4, 0.5) is 0 Å². The first-order valence-electron chi connectivity index (χ1n) is 5.00. The molecule has 0 aromatic heterocycles. The first kappa shape index (κ1) is 7.57. The van der Waals surface area contributed by atoms with Crippen molar-refractivity contribution < 1.29 is 0 Å². The molecule has 3 unspecified atom stereocenters. The van der Waals surface area contributed by atoms with Crippen molar-refractivity contribution in [2.45, 2.75) is 25.3 Å². The lowest BCUT2D eigenvalue weighted by Gasteiger charge is -2.43. The van der Waals surface area contributed by atoms with E-state index in [4.69, 9.17) is 5.73 Å². The van der Waals surface area contributed by atoms with Crippen LogP contribution in [0.15, 0.2) is 30.3 Å². The second-order valence-corrected chi connectivity index (χ2v) is 4.99. The van der Waals surface area contributed by atoms with Crippen LogP contribution in [0.2, 0.25) is 0 Å². The molecule has 0 amide bonds. The van der Waals surface area contributed by atoms with Gasteiger partial charge in [-0.25, -0.2) is 0 Å². The molecule has 0 spiro atoms. The molecule has 1 nitrogen and oxygen atoms in total. The smallest absolute Gasteiger partial charge is 0.0448 e. The van der Waals surface area contributed by atoms with Gasteiger partial charge in [0.2, 0.25) is 0 Å². The molecule has 0 saturated heterocycles. The minimum Gasteiger partial charge on any atom is -0.321 e. The maximum Gasteiger partial charge on any atom is 0.0448 e. The molecule has 2 fully saturated rings. The molecule has 2 saturated carbocycles. The maximum absolute atomic E-state index is 6.39. The molecule has 1 aromatic carbocycles. The van der Waals surface area contributed by atoms with Crippen LogP contribution in [0.1, 0.15) is 25.3 Å². The van der Waals surface area contributed by atoms with Gasteiger partial charge >= 0.3 is 0 Å². The van der Waals surface area contributed by atoms with Crippen LogP contribution in [-0.2, 0) is 5.54 Å². The Bertz CT molecular complexity index is 345. The second kappa shape index (κ2) is 1.98. The van der Waals surface area contributed by atoms with Gasteiger partial charge in [0.05, 0.1) is 0 Å². The van der Waals surface area contributed by atoms with Gasteiger partial charge < -0.3 is 5.73 Å². The predicted molar refractivity (Wildman–Crippen MR) is 53.1 cm³/mol. The van der Waals surface area contributed by atoms with Crippen molar-refractivity contribution >= 4 is 0 Å². The molecule has 13 heavy (non-hydrogen) atoms. The minimum absolute atomic E-state index is 0.00993. The first-order chi connectivity index (χ1) is 6.15. The molecule has 1 heteroatoms. The molecular formula is C12H15N. The van der Waals surface area contributed by atoms with Crippen LogP contribution in [0.25, 0.3) is 0 Å². The summed E-state index contributed by atoms with van der Waals surface area (Å²) in [5.41, 5.74) is 8.33. The summed E-state index contributed by atoms with van der Waals surface area (Å²) in [4.78, 5) is 0. The average molecular weight is 173 g/mol. The predicted octanol–water partition coefficient (Wildman–Crippen LogP) is 2.27. The minimum atomic E-state index is 0.00993. The number of nitrogens with two attached hydrogens (primary N) is 1. The van der Waals surface area contributed by atoms with E-state index in [0.717, 1.165) is 5.92 Å². The Labute approximate surface area is 78.9 Å².